The highest BCUT2D eigenvalue weighted by Crippen LogP contribution is 2.34. The zero-order chi connectivity index (χ0) is 23.8. The minimum atomic E-state index is -0.899. The molecule has 8 heteroatoms. The van der Waals surface area contributed by atoms with Gasteiger partial charge in [0.15, 0.2) is 0 Å². The summed E-state index contributed by atoms with van der Waals surface area (Å²) in [7, 11) is 0. The van der Waals surface area contributed by atoms with Gasteiger partial charge in [-0.15, -0.1) is 0 Å². The minimum absolute atomic E-state index is 0.335. The number of pyridine rings is 1. The summed E-state index contributed by atoms with van der Waals surface area (Å²) in [5.74, 6) is -1.73. The van der Waals surface area contributed by atoms with Gasteiger partial charge in [0.1, 0.15) is 5.69 Å². The fourth-order valence-electron chi connectivity index (χ4n) is 3.94. The quantitative estimate of drug-likeness (QED) is 0.451. The molecule has 2 heterocycles. The van der Waals surface area contributed by atoms with Crippen molar-refractivity contribution in [1.82, 2.24) is 20.1 Å². The molecule has 1 aliphatic rings. The molecule has 0 bridgehead atoms. The Morgan fingerprint density at radius 1 is 1.09 bits per heavy atom. The van der Waals surface area contributed by atoms with Crippen LogP contribution in [0, 0.1) is 6.92 Å². The number of nitrogens with zero attached hydrogens (tertiary/aromatic N) is 3. The summed E-state index contributed by atoms with van der Waals surface area (Å²) in [4.78, 5) is 25.1. The zero-order valence-electron chi connectivity index (χ0n) is 19.0. The lowest BCUT2D eigenvalue weighted by Gasteiger charge is -2.14. The number of nitrogens with one attached hydrogen (secondary N) is 1. The van der Waals surface area contributed by atoms with Gasteiger partial charge in [-0.05, 0) is 62.9 Å². The van der Waals surface area contributed by atoms with Gasteiger partial charge in [-0.2, -0.15) is 5.10 Å². The minimum Gasteiger partial charge on any atom is -0.481 e. The number of rotatable bonds is 8. The third-order valence-corrected chi connectivity index (χ3v) is 5.49. The molecule has 33 heavy (non-hydrogen) atoms. The molecular formula is C25H30N4O4. The normalized spacial score (nSPS) is 11.7. The van der Waals surface area contributed by atoms with Crippen LogP contribution in [-0.4, -0.2) is 50.0 Å². The molecule has 174 valence electrons. The molecule has 0 unspecified atom stereocenters. The summed E-state index contributed by atoms with van der Waals surface area (Å²) in [6, 6.07) is 10.5. The van der Waals surface area contributed by atoms with Crippen LogP contribution in [0.5, 0.6) is 0 Å². The molecule has 0 saturated heterocycles. The Kier molecular flexibility index (Phi) is 8.32. The third-order valence-electron chi connectivity index (χ3n) is 5.49. The number of carboxylic acid groups (broad SMARTS) is 2. The van der Waals surface area contributed by atoms with Crippen LogP contribution in [0.3, 0.4) is 0 Å². The van der Waals surface area contributed by atoms with Gasteiger partial charge in [-0.3, -0.25) is 14.5 Å². The molecule has 0 aliphatic heterocycles. The number of hydrogen-bond donors (Lipinski definition) is 3. The highest BCUT2D eigenvalue weighted by molar-refractivity contribution is 5.90. The number of aromatic nitrogens is 3. The second-order valence-corrected chi connectivity index (χ2v) is 8.10. The molecule has 8 nitrogen and oxygen atoms in total. The summed E-state index contributed by atoms with van der Waals surface area (Å²) in [6.45, 7) is 5.50. The van der Waals surface area contributed by atoms with E-state index in [1.165, 1.54) is 11.1 Å². The first kappa shape index (κ1) is 24.1. The second-order valence-electron chi connectivity index (χ2n) is 8.10. The summed E-state index contributed by atoms with van der Waals surface area (Å²) in [5, 5.41) is 25.3. The predicted octanol–water partition coefficient (Wildman–Crippen LogP) is 3.36. The standard InChI is InChI=1S/C23H26N4O2.C2H4O2/c1-16-3-5-17(6-4-16)9-12-24-11-2-14-27-22(23(28)29)20-8-7-18-15-25-13-10-19(18)21(20)26-27;1-2(3)4/h3-6,10,13,15,24H,2,7-9,11-12,14H2,1H3,(H,28,29);1H3,(H,3,4). The van der Waals surface area contributed by atoms with Crippen LogP contribution in [-0.2, 0) is 30.6 Å². The smallest absolute Gasteiger partial charge is 0.354 e. The van der Waals surface area contributed by atoms with Gasteiger partial charge in [0.2, 0.25) is 0 Å². The van der Waals surface area contributed by atoms with E-state index in [0.717, 1.165) is 61.7 Å². The van der Waals surface area contributed by atoms with Crippen LogP contribution in [0.2, 0.25) is 0 Å². The Bertz CT molecular complexity index is 1100. The van der Waals surface area contributed by atoms with E-state index in [4.69, 9.17) is 9.90 Å². The average molecular weight is 451 g/mol. The second kappa shape index (κ2) is 11.4. The molecule has 0 amide bonds. The van der Waals surface area contributed by atoms with Crippen molar-refractivity contribution in [3.63, 3.8) is 0 Å². The highest BCUT2D eigenvalue weighted by atomic mass is 16.4. The molecule has 0 saturated carbocycles. The van der Waals surface area contributed by atoms with Crippen molar-refractivity contribution in [2.24, 2.45) is 0 Å². The van der Waals surface area contributed by atoms with Gasteiger partial charge in [0, 0.05) is 37.0 Å². The summed E-state index contributed by atoms with van der Waals surface area (Å²) < 4.78 is 1.67. The van der Waals surface area contributed by atoms with Crippen molar-refractivity contribution in [2.45, 2.75) is 46.1 Å². The number of carbonyl (C=O) groups is 2. The lowest BCUT2D eigenvalue weighted by Crippen LogP contribution is -2.21. The maximum Gasteiger partial charge on any atom is 0.354 e. The van der Waals surface area contributed by atoms with Crippen molar-refractivity contribution in [3.05, 3.63) is 70.7 Å². The lowest BCUT2D eigenvalue weighted by molar-refractivity contribution is -0.134. The van der Waals surface area contributed by atoms with E-state index in [-0.39, 0.29) is 0 Å². The van der Waals surface area contributed by atoms with Crippen LogP contribution in [0.4, 0.5) is 0 Å². The topological polar surface area (TPSA) is 117 Å². The molecule has 3 aromatic rings. The lowest BCUT2D eigenvalue weighted by atomic mass is 9.90. The van der Waals surface area contributed by atoms with Gasteiger partial charge >= 0.3 is 5.97 Å². The molecule has 0 fully saturated rings. The Morgan fingerprint density at radius 3 is 2.52 bits per heavy atom. The first-order valence-corrected chi connectivity index (χ1v) is 11.1. The van der Waals surface area contributed by atoms with Crippen molar-refractivity contribution in [3.8, 4) is 11.3 Å². The van der Waals surface area contributed by atoms with Crippen LogP contribution in [0.1, 0.15) is 46.1 Å². The van der Waals surface area contributed by atoms with E-state index in [9.17, 15) is 9.90 Å². The number of carboxylic acids is 2. The van der Waals surface area contributed by atoms with Crippen molar-refractivity contribution >= 4 is 11.9 Å². The van der Waals surface area contributed by atoms with Crippen molar-refractivity contribution in [2.75, 3.05) is 13.1 Å². The maximum atomic E-state index is 11.9. The fourth-order valence-corrected chi connectivity index (χ4v) is 3.94. The molecule has 4 rings (SSSR count). The maximum absolute atomic E-state index is 11.9. The van der Waals surface area contributed by atoms with Gasteiger partial charge in [0.05, 0.1) is 5.69 Å². The van der Waals surface area contributed by atoms with Gasteiger partial charge in [-0.25, -0.2) is 4.79 Å². The SMILES string of the molecule is CC(=O)O.Cc1ccc(CCNCCCn2nc3c(c2C(=O)O)CCc2cnccc2-3)cc1. The van der Waals surface area contributed by atoms with E-state index < -0.39 is 11.9 Å². The largest absolute Gasteiger partial charge is 0.481 e. The number of fused-ring (bicyclic) bond motifs is 3. The predicted molar refractivity (Wildman–Crippen MR) is 126 cm³/mol. The number of aryl methyl sites for hydroxylation is 3. The molecule has 3 N–H and O–H groups in total. The number of aliphatic carboxylic acids is 1. The first-order valence-electron chi connectivity index (χ1n) is 11.1. The summed E-state index contributed by atoms with van der Waals surface area (Å²) in [5.41, 5.74) is 6.74. The Hall–Kier alpha value is -3.52. The van der Waals surface area contributed by atoms with Gasteiger partial charge in [-0.1, -0.05) is 29.8 Å². The fraction of sp³-hybridized carbons (Fsp3) is 0.360. The van der Waals surface area contributed by atoms with Crippen molar-refractivity contribution < 1.29 is 19.8 Å². The van der Waals surface area contributed by atoms with Gasteiger partial charge < -0.3 is 15.5 Å². The molecule has 0 radical (unpaired) electrons. The van der Waals surface area contributed by atoms with E-state index in [2.05, 4.69) is 46.6 Å². The van der Waals surface area contributed by atoms with Crippen LogP contribution in [0.25, 0.3) is 11.3 Å². The summed E-state index contributed by atoms with van der Waals surface area (Å²) in [6.07, 6.45) is 6.92. The first-order chi connectivity index (χ1) is 15.9. The monoisotopic (exact) mass is 450 g/mol. The number of hydrogen-bond acceptors (Lipinski definition) is 5. The number of benzene rings is 1. The molecule has 0 atom stereocenters. The van der Waals surface area contributed by atoms with Crippen LogP contribution >= 0.6 is 0 Å². The van der Waals surface area contributed by atoms with Gasteiger partial charge in [0.25, 0.3) is 5.97 Å². The third kappa shape index (κ3) is 6.49. The van der Waals surface area contributed by atoms with Crippen molar-refractivity contribution in [1.29, 1.82) is 0 Å². The van der Waals surface area contributed by atoms with E-state index >= 15 is 0 Å². The Labute approximate surface area is 193 Å². The molecule has 1 aliphatic carbocycles. The number of aromatic carboxylic acids is 1. The zero-order valence-corrected chi connectivity index (χ0v) is 19.0. The average Bonchev–Trinajstić information content (AvgIpc) is 3.16. The summed E-state index contributed by atoms with van der Waals surface area (Å²) >= 11 is 0. The Morgan fingerprint density at radius 2 is 1.82 bits per heavy atom. The highest BCUT2D eigenvalue weighted by Gasteiger charge is 2.27. The van der Waals surface area contributed by atoms with Crippen LogP contribution < -0.4 is 5.32 Å². The van der Waals surface area contributed by atoms with Crippen LogP contribution in [0.15, 0.2) is 42.7 Å². The molecule has 0 spiro atoms. The Balaban J connectivity index is 0.000000709. The molecule has 2 aromatic heterocycles. The van der Waals surface area contributed by atoms with E-state index in [1.54, 1.807) is 10.9 Å². The van der Waals surface area contributed by atoms with E-state index in [0.29, 0.717) is 18.7 Å². The molecular weight excluding hydrogens is 420 g/mol. The van der Waals surface area contributed by atoms with E-state index in [1.807, 2.05) is 12.3 Å². The molecule has 1 aromatic carbocycles.